The van der Waals surface area contributed by atoms with E-state index in [0.29, 0.717) is 0 Å². The zero-order valence-electron chi connectivity index (χ0n) is 9.90. The van der Waals surface area contributed by atoms with Gasteiger partial charge in [0.2, 0.25) is 0 Å². The second-order valence-corrected chi connectivity index (χ2v) is 3.38. The summed E-state index contributed by atoms with van der Waals surface area (Å²) in [6.07, 6.45) is 0. The van der Waals surface area contributed by atoms with Crippen molar-refractivity contribution in [3.63, 3.8) is 0 Å². The van der Waals surface area contributed by atoms with Crippen LogP contribution in [0.5, 0.6) is 0 Å². The van der Waals surface area contributed by atoms with Crippen LogP contribution in [0.25, 0.3) is 0 Å². The highest BCUT2D eigenvalue weighted by molar-refractivity contribution is 6.43. The predicted octanol–water partition coefficient (Wildman–Crippen LogP) is 1.83. The van der Waals surface area contributed by atoms with Crippen molar-refractivity contribution in [1.82, 2.24) is 0 Å². The molecule has 0 unspecified atom stereocenters. The Balaban J connectivity index is 3.32. The minimum atomic E-state index is -0.501. The Bertz CT molecular complexity index is 404. The number of hydrogen-bond acceptors (Lipinski definition) is 4. The highest BCUT2D eigenvalue weighted by atomic mass is 16.6. The molecule has 0 aliphatic heterocycles. The van der Waals surface area contributed by atoms with Gasteiger partial charge in [-0.2, -0.15) is 0 Å². The SMILES string of the molecule is CO/N=C(/C(=O)OC)c1c(C)cccc1C. The highest BCUT2D eigenvalue weighted by Crippen LogP contribution is 2.15. The average molecular weight is 221 g/mol. The number of carbonyl (C=O) groups excluding carboxylic acids is 1. The Morgan fingerprint density at radius 3 is 2.19 bits per heavy atom. The number of oxime groups is 1. The van der Waals surface area contributed by atoms with Gasteiger partial charge in [0.15, 0.2) is 5.71 Å². The number of nitrogens with zero attached hydrogens (tertiary/aromatic N) is 1. The van der Waals surface area contributed by atoms with Gasteiger partial charge in [-0.15, -0.1) is 0 Å². The van der Waals surface area contributed by atoms with Gasteiger partial charge in [-0.1, -0.05) is 23.4 Å². The zero-order valence-corrected chi connectivity index (χ0v) is 9.90. The molecule has 0 fully saturated rings. The molecule has 0 bridgehead atoms. The maximum absolute atomic E-state index is 11.6. The Kier molecular flexibility index (Phi) is 4.05. The molecule has 0 N–H and O–H groups in total. The fourth-order valence-corrected chi connectivity index (χ4v) is 1.56. The molecule has 4 heteroatoms. The molecule has 86 valence electrons. The molecule has 0 aliphatic rings. The van der Waals surface area contributed by atoms with Crippen molar-refractivity contribution in [2.45, 2.75) is 13.8 Å². The first kappa shape index (κ1) is 12.2. The molecule has 0 saturated heterocycles. The number of hydrogen-bond donors (Lipinski definition) is 0. The number of esters is 1. The average Bonchev–Trinajstić information content (AvgIpc) is 2.26. The van der Waals surface area contributed by atoms with Crippen LogP contribution in [0.15, 0.2) is 23.4 Å². The maximum atomic E-state index is 11.6. The first-order valence-electron chi connectivity index (χ1n) is 4.87. The molecule has 0 atom stereocenters. The van der Waals surface area contributed by atoms with Gasteiger partial charge in [0, 0.05) is 5.56 Å². The van der Waals surface area contributed by atoms with Crippen molar-refractivity contribution >= 4 is 11.7 Å². The number of methoxy groups -OCH3 is 1. The molecule has 16 heavy (non-hydrogen) atoms. The number of aryl methyl sites for hydroxylation is 2. The fourth-order valence-electron chi connectivity index (χ4n) is 1.56. The summed E-state index contributed by atoms with van der Waals surface area (Å²) in [5.74, 6) is -0.501. The van der Waals surface area contributed by atoms with Gasteiger partial charge in [0.05, 0.1) is 7.11 Å². The van der Waals surface area contributed by atoms with E-state index in [4.69, 9.17) is 0 Å². The molecule has 1 rings (SSSR count). The zero-order chi connectivity index (χ0) is 12.1. The second kappa shape index (κ2) is 5.30. The lowest BCUT2D eigenvalue weighted by atomic mass is 9.99. The number of carbonyl (C=O) groups is 1. The van der Waals surface area contributed by atoms with Gasteiger partial charge in [0.25, 0.3) is 0 Å². The predicted molar refractivity (Wildman–Crippen MR) is 61.5 cm³/mol. The number of ether oxygens (including phenoxy) is 1. The van der Waals surface area contributed by atoms with E-state index in [1.54, 1.807) is 0 Å². The lowest BCUT2D eigenvalue weighted by Crippen LogP contribution is -2.19. The summed E-state index contributed by atoms with van der Waals surface area (Å²) in [6.45, 7) is 3.83. The Labute approximate surface area is 94.9 Å². The smallest absolute Gasteiger partial charge is 0.360 e. The summed E-state index contributed by atoms with van der Waals surface area (Å²) in [5, 5.41) is 3.73. The Hall–Kier alpha value is -1.84. The molecule has 0 aromatic heterocycles. The Morgan fingerprint density at radius 2 is 1.75 bits per heavy atom. The van der Waals surface area contributed by atoms with Crippen LogP contribution < -0.4 is 0 Å². The van der Waals surface area contributed by atoms with Crippen LogP contribution in [-0.4, -0.2) is 25.9 Å². The van der Waals surface area contributed by atoms with Crippen molar-refractivity contribution in [1.29, 1.82) is 0 Å². The minimum absolute atomic E-state index is 0.195. The van der Waals surface area contributed by atoms with Crippen LogP contribution in [0.4, 0.5) is 0 Å². The molecule has 0 radical (unpaired) electrons. The van der Waals surface area contributed by atoms with Gasteiger partial charge in [-0.3, -0.25) is 0 Å². The minimum Gasteiger partial charge on any atom is -0.464 e. The van der Waals surface area contributed by atoms with E-state index >= 15 is 0 Å². The molecule has 4 nitrogen and oxygen atoms in total. The first-order valence-corrected chi connectivity index (χ1v) is 4.87. The number of benzene rings is 1. The molecular weight excluding hydrogens is 206 g/mol. The summed E-state index contributed by atoms with van der Waals surface area (Å²) in [4.78, 5) is 16.3. The summed E-state index contributed by atoms with van der Waals surface area (Å²) >= 11 is 0. The summed E-state index contributed by atoms with van der Waals surface area (Å²) in [6, 6.07) is 5.75. The van der Waals surface area contributed by atoms with Gasteiger partial charge >= 0.3 is 5.97 Å². The third-order valence-electron chi connectivity index (χ3n) is 2.28. The van der Waals surface area contributed by atoms with Crippen molar-refractivity contribution in [2.24, 2.45) is 5.16 Å². The van der Waals surface area contributed by atoms with Gasteiger partial charge in [-0.25, -0.2) is 4.79 Å². The van der Waals surface area contributed by atoms with Crippen molar-refractivity contribution in [3.05, 3.63) is 34.9 Å². The largest absolute Gasteiger partial charge is 0.464 e. The maximum Gasteiger partial charge on any atom is 0.360 e. The monoisotopic (exact) mass is 221 g/mol. The Morgan fingerprint density at radius 1 is 1.19 bits per heavy atom. The van der Waals surface area contributed by atoms with Crippen molar-refractivity contribution in [3.8, 4) is 0 Å². The van der Waals surface area contributed by atoms with Gasteiger partial charge in [0.1, 0.15) is 7.11 Å². The first-order chi connectivity index (χ1) is 7.61. The third kappa shape index (κ3) is 2.39. The summed E-state index contributed by atoms with van der Waals surface area (Å²) < 4.78 is 4.68. The molecule has 0 saturated carbocycles. The van der Waals surface area contributed by atoms with Crippen LogP contribution >= 0.6 is 0 Å². The summed E-state index contributed by atoms with van der Waals surface area (Å²) in [5.41, 5.74) is 2.87. The van der Waals surface area contributed by atoms with E-state index in [2.05, 4.69) is 14.7 Å². The molecule has 1 aromatic rings. The quantitative estimate of drug-likeness (QED) is 0.444. The topological polar surface area (TPSA) is 47.9 Å². The summed E-state index contributed by atoms with van der Waals surface area (Å²) in [7, 11) is 2.72. The molecule has 0 amide bonds. The normalized spacial score (nSPS) is 11.1. The highest BCUT2D eigenvalue weighted by Gasteiger charge is 2.19. The van der Waals surface area contributed by atoms with E-state index in [1.165, 1.54) is 14.2 Å². The van der Waals surface area contributed by atoms with Gasteiger partial charge < -0.3 is 9.57 Å². The van der Waals surface area contributed by atoms with Crippen LogP contribution in [-0.2, 0) is 14.4 Å². The van der Waals surface area contributed by atoms with E-state index < -0.39 is 5.97 Å². The number of rotatable bonds is 3. The molecular formula is C12H15NO3. The molecule has 1 aromatic carbocycles. The second-order valence-electron chi connectivity index (χ2n) is 3.38. The molecule has 0 aliphatic carbocycles. The van der Waals surface area contributed by atoms with Crippen LogP contribution in [0.3, 0.4) is 0 Å². The van der Waals surface area contributed by atoms with Crippen molar-refractivity contribution < 1.29 is 14.4 Å². The lowest BCUT2D eigenvalue weighted by molar-refractivity contribution is -0.132. The van der Waals surface area contributed by atoms with E-state index in [0.717, 1.165) is 16.7 Å². The van der Waals surface area contributed by atoms with Crippen molar-refractivity contribution in [2.75, 3.05) is 14.2 Å². The third-order valence-corrected chi connectivity index (χ3v) is 2.28. The van der Waals surface area contributed by atoms with Crippen LogP contribution in [0.1, 0.15) is 16.7 Å². The fraction of sp³-hybridized carbons (Fsp3) is 0.333. The molecule has 0 heterocycles. The van der Waals surface area contributed by atoms with Crippen LogP contribution in [0.2, 0.25) is 0 Å². The van der Waals surface area contributed by atoms with Crippen LogP contribution in [0, 0.1) is 13.8 Å². The van der Waals surface area contributed by atoms with E-state index in [1.807, 2.05) is 32.0 Å². The standard InChI is InChI=1S/C12H15NO3/c1-8-6-5-7-9(2)10(8)11(13-16-4)12(14)15-3/h5-7H,1-4H3/b13-11+. The van der Waals surface area contributed by atoms with E-state index in [9.17, 15) is 4.79 Å². The van der Waals surface area contributed by atoms with Gasteiger partial charge in [-0.05, 0) is 25.0 Å². The lowest BCUT2D eigenvalue weighted by Gasteiger charge is -2.09. The molecule has 0 spiro atoms. The van der Waals surface area contributed by atoms with E-state index in [-0.39, 0.29) is 5.71 Å².